The van der Waals surface area contributed by atoms with Gasteiger partial charge in [0, 0.05) is 33.6 Å². The summed E-state index contributed by atoms with van der Waals surface area (Å²) < 4.78 is 1.85. The highest BCUT2D eigenvalue weighted by Gasteiger charge is 2.29. The average Bonchev–Trinajstić information content (AvgIpc) is 2.73. The van der Waals surface area contributed by atoms with Gasteiger partial charge in [-0.05, 0) is 45.1 Å². The fourth-order valence-electron chi connectivity index (χ4n) is 2.56. The van der Waals surface area contributed by atoms with E-state index >= 15 is 0 Å². The van der Waals surface area contributed by atoms with Gasteiger partial charge < -0.3 is 9.80 Å². The van der Waals surface area contributed by atoms with Crippen LogP contribution >= 0.6 is 31.9 Å². The molecule has 0 saturated carbocycles. The number of nitrogens with zero attached hydrogens (tertiary/aromatic N) is 2. The largest absolute Gasteiger partial charge is 0.334 e. The van der Waals surface area contributed by atoms with E-state index in [-0.39, 0.29) is 5.91 Å². The summed E-state index contributed by atoms with van der Waals surface area (Å²) in [4.78, 5) is 16.8. The maximum atomic E-state index is 12.6. The Bertz CT molecular complexity index is 456. The zero-order valence-electron chi connectivity index (χ0n) is 11.2. The van der Waals surface area contributed by atoms with Gasteiger partial charge in [-0.2, -0.15) is 0 Å². The van der Waals surface area contributed by atoms with Gasteiger partial charge in [0.1, 0.15) is 0 Å². The van der Waals surface area contributed by atoms with Gasteiger partial charge in [0.25, 0.3) is 5.91 Å². The quantitative estimate of drug-likeness (QED) is 0.791. The van der Waals surface area contributed by atoms with Crippen molar-refractivity contribution in [1.82, 2.24) is 9.80 Å². The number of hydrogen-bond acceptors (Lipinski definition) is 2. The molecule has 2 rings (SSSR count). The number of halogens is 2. The first-order chi connectivity index (χ1) is 8.97. The van der Waals surface area contributed by atoms with Crippen molar-refractivity contribution in [3.05, 3.63) is 32.7 Å². The maximum Gasteiger partial charge on any atom is 0.254 e. The van der Waals surface area contributed by atoms with E-state index in [0.717, 1.165) is 40.4 Å². The molecule has 1 unspecified atom stereocenters. The lowest BCUT2D eigenvalue weighted by Crippen LogP contribution is -2.41. The minimum Gasteiger partial charge on any atom is -0.334 e. The van der Waals surface area contributed by atoms with Crippen LogP contribution in [0.2, 0.25) is 0 Å². The Kier molecular flexibility index (Phi) is 5.03. The average molecular weight is 390 g/mol. The van der Waals surface area contributed by atoms with Crippen LogP contribution in [0.15, 0.2) is 27.1 Å². The van der Waals surface area contributed by atoms with Gasteiger partial charge in [-0.15, -0.1) is 0 Å². The maximum absolute atomic E-state index is 12.6. The van der Waals surface area contributed by atoms with E-state index in [1.807, 2.05) is 23.1 Å². The second-order valence-corrected chi connectivity index (χ2v) is 7.05. The predicted molar refractivity (Wildman–Crippen MR) is 84.5 cm³/mol. The number of hydrogen-bond donors (Lipinski definition) is 0. The first-order valence-electron chi connectivity index (χ1n) is 6.39. The molecule has 1 saturated heterocycles. The molecule has 3 nitrogen and oxygen atoms in total. The molecule has 1 amide bonds. The van der Waals surface area contributed by atoms with Crippen molar-refractivity contribution >= 4 is 37.8 Å². The van der Waals surface area contributed by atoms with E-state index in [0.29, 0.717) is 6.04 Å². The van der Waals surface area contributed by atoms with Crippen LogP contribution in [0.4, 0.5) is 0 Å². The third-order valence-corrected chi connectivity index (χ3v) is 4.24. The van der Waals surface area contributed by atoms with Crippen LogP contribution in [0.5, 0.6) is 0 Å². The van der Waals surface area contributed by atoms with Crippen LogP contribution in [-0.2, 0) is 0 Å². The molecule has 0 spiro atoms. The molecule has 1 aliphatic rings. The first-order valence-corrected chi connectivity index (χ1v) is 7.98. The minimum absolute atomic E-state index is 0.131. The smallest absolute Gasteiger partial charge is 0.254 e. The molecule has 5 heteroatoms. The molecular formula is C14H18Br2N2O. The number of carbonyl (C=O) groups excluding carboxylic acids is 1. The van der Waals surface area contributed by atoms with Gasteiger partial charge in [-0.25, -0.2) is 0 Å². The Morgan fingerprint density at radius 3 is 2.53 bits per heavy atom. The minimum atomic E-state index is 0.131. The Labute approximate surface area is 131 Å². The van der Waals surface area contributed by atoms with Gasteiger partial charge in [-0.1, -0.05) is 31.9 Å². The van der Waals surface area contributed by atoms with E-state index in [1.54, 1.807) is 0 Å². The third-order valence-electron chi connectivity index (χ3n) is 3.32. The zero-order valence-corrected chi connectivity index (χ0v) is 14.4. The second-order valence-electron chi connectivity index (χ2n) is 5.21. The summed E-state index contributed by atoms with van der Waals surface area (Å²) in [6.07, 6.45) is 2.19. The van der Waals surface area contributed by atoms with Crippen LogP contribution in [0, 0.1) is 0 Å². The van der Waals surface area contributed by atoms with Crippen LogP contribution in [0.3, 0.4) is 0 Å². The summed E-state index contributed by atoms with van der Waals surface area (Å²) in [7, 11) is 4.10. The van der Waals surface area contributed by atoms with E-state index in [2.05, 4.69) is 50.9 Å². The van der Waals surface area contributed by atoms with Crippen molar-refractivity contribution in [3.63, 3.8) is 0 Å². The molecule has 1 aliphatic heterocycles. The lowest BCUT2D eigenvalue weighted by molar-refractivity contribution is 0.0716. The van der Waals surface area contributed by atoms with Gasteiger partial charge in [0.05, 0.1) is 0 Å². The lowest BCUT2D eigenvalue weighted by atomic mass is 10.1. The van der Waals surface area contributed by atoms with Crippen molar-refractivity contribution in [2.24, 2.45) is 0 Å². The highest BCUT2D eigenvalue weighted by Crippen LogP contribution is 2.25. The number of likely N-dealkylation sites (tertiary alicyclic amines) is 1. The second kappa shape index (κ2) is 6.37. The van der Waals surface area contributed by atoms with Gasteiger partial charge in [0.2, 0.25) is 0 Å². The number of benzene rings is 1. The third kappa shape index (κ3) is 3.80. The summed E-state index contributed by atoms with van der Waals surface area (Å²) in [5.74, 6) is 0.131. The fraction of sp³-hybridized carbons (Fsp3) is 0.500. The molecule has 19 heavy (non-hydrogen) atoms. The molecule has 0 aliphatic carbocycles. The Morgan fingerprint density at radius 1 is 1.32 bits per heavy atom. The molecule has 1 fully saturated rings. The molecule has 0 aromatic heterocycles. The molecule has 1 heterocycles. The van der Waals surface area contributed by atoms with E-state index in [4.69, 9.17) is 0 Å². The zero-order chi connectivity index (χ0) is 14.0. The molecule has 1 aromatic carbocycles. The summed E-state index contributed by atoms with van der Waals surface area (Å²) in [6, 6.07) is 6.05. The number of carbonyl (C=O) groups is 1. The molecule has 104 valence electrons. The first kappa shape index (κ1) is 15.0. The molecule has 0 radical (unpaired) electrons. The van der Waals surface area contributed by atoms with Crippen molar-refractivity contribution in [2.75, 3.05) is 27.2 Å². The fourth-order valence-corrected chi connectivity index (χ4v) is 3.85. The van der Waals surface area contributed by atoms with Gasteiger partial charge in [0.15, 0.2) is 0 Å². The van der Waals surface area contributed by atoms with E-state index in [1.165, 1.54) is 0 Å². The SMILES string of the molecule is CN(C)CC1CCCN1C(=O)c1cc(Br)cc(Br)c1. The van der Waals surface area contributed by atoms with Gasteiger partial charge >= 0.3 is 0 Å². The predicted octanol–water partition coefficient (Wildman–Crippen LogP) is 3.38. The van der Waals surface area contributed by atoms with Gasteiger partial charge in [-0.3, -0.25) is 4.79 Å². The normalized spacial score (nSPS) is 19.2. The van der Waals surface area contributed by atoms with Crippen LogP contribution in [0.1, 0.15) is 23.2 Å². The summed E-state index contributed by atoms with van der Waals surface area (Å²) in [5, 5.41) is 0. The Balaban J connectivity index is 2.18. The van der Waals surface area contributed by atoms with E-state index in [9.17, 15) is 4.79 Å². The van der Waals surface area contributed by atoms with Crippen molar-refractivity contribution in [2.45, 2.75) is 18.9 Å². The highest BCUT2D eigenvalue weighted by atomic mass is 79.9. The van der Waals surface area contributed by atoms with Crippen molar-refractivity contribution in [3.8, 4) is 0 Å². The lowest BCUT2D eigenvalue weighted by Gasteiger charge is -2.27. The number of rotatable bonds is 3. The number of likely N-dealkylation sites (N-methyl/N-ethyl adjacent to an activating group) is 1. The molecular weight excluding hydrogens is 372 g/mol. The highest BCUT2D eigenvalue weighted by molar-refractivity contribution is 9.11. The summed E-state index contributed by atoms with van der Waals surface area (Å²) >= 11 is 6.87. The number of amides is 1. The topological polar surface area (TPSA) is 23.6 Å². The van der Waals surface area contributed by atoms with Crippen molar-refractivity contribution in [1.29, 1.82) is 0 Å². The molecule has 1 atom stereocenters. The Hall–Kier alpha value is -0.390. The standard InChI is InChI=1S/C14H18Br2N2O/c1-17(2)9-13-4-3-5-18(13)14(19)10-6-11(15)8-12(16)7-10/h6-8,13H,3-5,9H2,1-2H3. The molecule has 0 bridgehead atoms. The van der Waals surface area contributed by atoms with Crippen LogP contribution in [-0.4, -0.2) is 48.9 Å². The Morgan fingerprint density at radius 2 is 1.95 bits per heavy atom. The van der Waals surface area contributed by atoms with Crippen molar-refractivity contribution < 1.29 is 4.79 Å². The molecule has 0 N–H and O–H groups in total. The summed E-state index contributed by atoms with van der Waals surface area (Å²) in [6.45, 7) is 1.79. The van der Waals surface area contributed by atoms with Crippen LogP contribution < -0.4 is 0 Å². The molecule has 1 aromatic rings. The van der Waals surface area contributed by atoms with Crippen LogP contribution in [0.25, 0.3) is 0 Å². The summed E-state index contributed by atoms with van der Waals surface area (Å²) in [5.41, 5.74) is 0.743. The monoisotopic (exact) mass is 388 g/mol. The van der Waals surface area contributed by atoms with E-state index < -0.39 is 0 Å².